The molecule has 0 unspecified atom stereocenters. The lowest BCUT2D eigenvalue weighted by Crippen LogP contribution is -2.34. The van der Waals surface area contributed by atoms with E-state index in [1.807, 2.05) is 0 Å². The molecule has 0 radical (unpaired) electrons. The van der Waals surface area contributed by atoms with Gasteiger partial charge in [-0.05, 0) is 102 Å². The molecule has 5 nitrogen and oxygen atoms in total. The van der Waals surface area contributed by atoms with Gasteiger partial charge in [0.25, 0.3) is 0 Å². The predicted molar refractivity (Wildman–Crippen MR) is 156 cm³/mol. The quantitative estimate of drug-likeness (QED) is 0.534. The molecule has 2 aliphatic heterocycles. The second-order valence-electron chi connectivity index (χ2n) is 11.2. The molecule has 0 aliphatic carbocycles. The lowest BCUT2D eigenvalue weighted by molar-refractivity contribution is 0.253. The summed E-state index contributed by atoms with van der Waals surface area (Å²) in [7, 11) is 0. The fourth-order valence-corrected chi connectivity index (χ4v) is 5.59. The summed E-state index contributed by atoms with van der Waals surface area (Å²) in [6.45, 7) is 13.9. The first-order valence-corrected chi connectivity index (χ1v) is 15.5. The number of benzene rings is 1. The van der Waals surface area contributed by atoms with Gasteiger partial charge in [-0.15, -0.1) is 0 Å². The third-order valence-corrected chi connectivity index (χ3v) is 7.88. The molecular formula is C31H57N5. The van der Waals surface area contributed by atoms with E-state index >= 15 is 0 Å². The van der Waals surface area contributed by atoms with Crippen molar-refractivity contribution in [2.24, 2.45) is 0 Å². The Morgan fingerprint density at radius 3 is 1.36 bits per heavy atom. The summed E-state index contributed by atoms with van der Waals surface area (Å²) in [6, 6.07) is 9.58. The number of rotatable bonds is 4. The third-order valence-electron chi connectivity index (χ3n) is 7.88. The monoisotopic (exact) mass is 499 g/mol. The topological polar surface area (TPSA) is 42.6 Å². The highest BCUT2D eigenvalue weighted by Gasteiger charge is 2.09. The van der Waals surface area contributed by atoms with Gasteiger partial charge < -0.3 is 16.0 Å². The first kappa shape index (κ1) is 29.6. The fraction of sp³-hybridized carbons (Fsp3) is 0.806. The Kier molecular flexibility index (Phi) is 16.5. The molecule has 206 valence electrons. The Hall–Kier alpha value is -0.980. The SMILES string of the molecule is c1cc(CN2CCCCCCNCCCNCC2)ccc1CN1CCCCCCCCCNCCC1. The van der Waals surface area contributed by atoms with Gasteiger partial charge in [-0.3, -0.25) is 9.80 Å². The second-order valence-corrected chi connectivity index (χ2v) is 11.2. The lowest BCUT2D eigenvalue weighted by atomic mass is 10.1. The van der Waals surface area contributed by atoms with Crippen LogP contribution in [0.15, 0.2) is 24.3 Å². The van der Waals surface area contributed by atoms with Gasteiger partial charge in [0.15, 0.2) is 0 Å². The van der Waals surface area contributed by atoms with Crippen LogP contribution in [0.3, 0.4) is 0 Å². The first-order valence-electron chi connectivity index (χ1n) is 15.5. The normalized spacial score (nSPS) is 22.9. The third kappa shape index (κ3) is 14.1. The van der Waals surface area contributed by atoms with Gasteiger partial charge in [-0.1, -0.05) is 69.2 Å². The first-order chi connectivity index (χ1) is 17.9. The van der Waals surface area contributed by atoms with Crippen LogP contribution in [0.4, 0.5) is 0 Å². The number of hydrogen-bond donors (Lipinski definition) is 3. The zero-order valence-electron chi connectivity index (χ0n) is 23.4. The molecular weight excluding hydrogens is 442 g/mol. The summed E-state index contributed by atoms with van der Waals surface area (Å²) in [5.41, 5.74) is 2.94. The van der Waals surface area contributed by atoms with Crippen molar-refractivity contribution in [3.05, 3.63) is 35.4 Å². The van der Waals surface area contributed by atoms with Crippen molar-refractivity contribution in [1.82, 2.24) is 25.8 Å². The minimum Gasteiger partial charge on any atom is -0.317 e. The Bertz CT molecular complexity index is 551. The van der Waals surface area contributed by atoms with Crippen LogP contribution in [0.25, 0.3) is 0 Å². The van der Waals surface area contributed by atoms with Crippen LogP contribution in [0.5, 0.6) is 0 Å². The molecule has 0 bridgehead atoms. The van der Waals surface area contributed by atoms with E-state index in [4.69, 9.17) is 0 Å². The molecule has 2 fully saturated rings. The molecule has 3 N–H and O–H groups in total. The van der Waals surface area contributed by atoms with Crippen molar-refractivity contribution >= 4 is 0 Å². The molecule has 5 heteroatoms. The van der Waals surface area contributed by atoms with E-state index in [1.54, 1.807) is 0 Å². The Morgan fingerprint density at radius 1 is 0.389 bits per heavy atom. The molecule has 3 rings (SSSR count). The van der Waals surface area contributed by atoms with Crippen LogP contribution in [0, 0.1) is 0 Å². The van der Waals surface area contributed by atoms with Gasteiger partial charge in [0.1, 0.15) is 0 Å². The molecule has 1 aromatic rings. The summed E-state index contributed by atoms with van der Waals surface area (Å²) >= 11 is 0. The predicted octanol–water partition coefficient (Wildman–Crippen LogP) is 5.16. The van der Waals surface area contributed by atoms with Gasteiger partial charge in [0, 0.05) is 26.2 Å². The molecule has 1 aromatic carbocycles. The smallest absolute Gasteiger partial charge is 0.0234 e. The summed E-state index contributed by atoms with van der Waals surface area (Å²) in [6.07, 6.45) is 17.6. The van der Waals surface area contributed by atoms with E-state index in [-0.39, 0.29) is 0 Å². The minimum atomic E-state index is 1.08. The number of hydrogen-bond acceptors (Lipinski definition) is 5. The van der Waals surface area contributed by atoms with Gasteiger partial charge in [-0.2, -0.15) is 0 Å². The average Bonchev–Trinajstić information content (AvgIpc) is 2.89. The van der Waals surface area contributed by atoms with E-state index in [1.165, 1.54) is 127 Å². The summed E-state index contributed by atoms with van der Waals surface area (Å²) < 4.78 is 0. The Morgan fingerprint density at radius 2 is 0.778 bits per heavy atom. The average molecular weight is 500 g/mol. The van der Waals surface area contributed by atoms with Crippen molar-refractivity contribution in [1.29, 1.82) is 0 Å². The maximum absolute atomic E-state index is 3.66. The molecule has 0 aromatic heterocycles. The molecule has 2 saturated heterocycles. The molecule has 0 spiro atoms. The second kappa shape index (κ2) is 20.0. The van der Waals surface area contributed by atoms with Crippen LogP contribution in [0.1, 0.15) is 94.6 Å². The van der Waals surface area contributed by atoms with E-state index in [2.05, 4.69) is 50.0 Å². The lowest BCUT2D eigenvalue weighted by Gasteiger charge is -2.24. The molecule has 2 heterocycles. The molecule has 36 heavy (non-hydrogen) atoms. The standard InChI is InChI=1S/C31H57N5/c1-2-4-8-19-33-22-13-26-35(24-10-6-3-1)28-30-14-16-31(17-15-30)29-36-25-11-7-5-9-18-32-20-12-21-34-23-27-36/h14-17,32-34H,1-13,18-29H2. The van der Waals surface area contributed by atoms with Crippen molar-refractivity contribution < 1.29 is 0 Å². The largest absolute Gasteiger partial charge is 0.317 e. The summed E-state index contributed by atoms with van der Waals surface area (Å²) in [4.78, 5) is 5.37. The zero-order chi connectivity index (χ0) is 24.9. The van der Waals surface area contributed by atoms with Gasteiger partial charge in [-0.25, -0.2) is 0 Å². The minimum absolute atomic E-state index is 1.08. The molecule has 0 atom stereocenters. The number of nitrogens with zero attached hydrogens (tertiary/aromatic N) is 2. The van der Waals surface area contributed by atoms with Gasteiger partial charge >= 0.3 is 0 Å². The van der Waals surface area contributed by atoms with Crippen LogP contribution in [0.2, 0.25) is 0 Å². The van der Waals surface area contributed by atoms with E-state index in [0.717, 1.165) is 45.8 Å². The van der Waals surface area contributed by atoms with Gasteiger partial charge in [0.2, 0.25) is 0 Å². The zero-order valence-corrected chi connectivity index (χ0v) is 23.4. The van der Waals surface area contributed by atoms with Crippen molar-refractivity contribution in [2.75, 3.05) is 65.4 Å². The van der Waals surface area contributed by atoms with Crippen LogP contribution < -0.4 is 16.0 Å². The van der Waals surface area contributed by atoms with Gasteiger partial charge in [0.05, 0.1) is 0 Å². The van der Waals surface area contributed by atoms with Crippen molar-refractivity contribution in [3.63, 3.8) is 0 Å². The van der Waals surface area contributed by atoms with Crippen LogP contribution in [-0.2, 0) is 13.1 Å². The van der Waals surface area contributed by atoms with E-state index in [0.29, 0.717) is 0 Å². The maximum Gasteiger partial charge on any atom is 0.0234 e. The van der Waals surface area contributed by atoms with Crippen LogP contribution >= 0.6 is 0 Å². The molecule has 2 aliphatic rings. The Labute approximate surface area is 223 Å². The molecule has 0 amide bonds. The summed E-state index contributed by atoms with van der Waals surface area (Å²) in [5, 5.41) is 10.9. The van der Waals surface area contributed by atoms with Crippen LogP contribution in [-0.4, -0.2) is 75.2 Å². The van der Waals surface area contributed by atoms with Crippen molar-refractivity contribution in [3.8, 4) is 0 Å². The summed E-state index contributed by atoms with van der Waals surface area (Å²) in [5.74, 6) is 0. The van der Waals surface area contributed by atoms with Crippen molar-refractivity contribution in [2.45, 2.75) is 96.6 Å². The Balaban J connectivity index is 1.45. The fourth-order valence-electron chi connectivity index (χ4n) is 5.59. The maximum atomic E-state index is 3.66. The highest BCUT2D eigenvalue weighted by molar-refractivity contribution is 5.22. The van der Waals surface area contributed by atoms with E-state index < -0.39 is 0 Å². The highest BCUT2D eigenvalue weighted by Crippen LogP contribution is 2.14. The van der Waals surface area contributed by atoms with E-state index in [9.17, 15) is 0 Å². The number of nitrogens with one attached hydrogen (secondary N) is 3. The molecule has 0 saturated carbocycles. The highest BCUT2D eigenvalue weighted by atomic mass is 15.1.